The van der Waals surface area contributed by atoms with Gasteiger partial charge in [0.2, 0.25) is 5.91 Å². The number of hydrogen-bond acceptors (Lipinski definition) is 5. The maximum atomic E-state index is 11.2. The van der Waals surface area contributed by atoms with Crippen molar-refractivity contribution in [3.63, 3.8) is 0 Å². The van der Waals surface area contributed by atoms with Crippen LogP contribution in [0, 0.1) is 0 Å². The zero-order chi connectivity index (χ0) is 13.3. The Morgan fingerprint density at radius 1 is 1.35 bits per heavy atom. The van der Waals surface area contributed by atoms with Gasteiger partial charge in [-0.05, 0) is 26.8 Å². The molecule has 0 aliphatic heterocycles. The first-order valence-corrected chi connectivity index (χ1v) is 5.46. The number of nitrogens with two attached hydrogens (primary N) is 1. The number of ether oxygens (including phenoxy) is 1. The molecular weight excluding hydrogens is 226 g/mol. The van der Waals surface area contributed by atoms with Crippen molar-refractivity contribution in [3.8, 4) is 0 Å². The van der Waals surface area contributed by atoms with Gasteiger partial charge in [0.15, 0.2) is 0 Å². The van der Waals surface area contributed by atoms with Gasteiger partial charge in [-0.1, -0.05) is 0 Å². The molecule has 0 aromatic heterocycles. The number of imide groups is 1. The molecule has 0 rings (SSSR count). The van der Waals surface area contributed by atoms with Crippen molar-refractivity contribution in [1.29, 1.82) is 0 Å². The minimum absolute atomic E-state index is 0.261. The normalized spacial score (nSPS) is 11.6. The number of hydrogen-bond donors (Lipinski definition) is 3. The highest BCUT2D eigenvalue weighted by Crippen LogP contribution is 1.92. The van der Waals surface area contributed by atoms with E-state index in [9.17, 15) is 14.4 Å². The van der Waals surface area contributed by atoms with Crippen LogP contribution in [0.3, 0.4) is 0 Å². The van der Waals surface area contributed by atoms with Crippen LogP contribution in [0.4, 0.5) is 4.79 Å². The maximum Gasteiger partial charge on any atom is 0.318 e. The molecular formula is C10H19N3O4. The molecule has 17 heavy (non-hydrogen) atoms. The number of carbonyl (C=O) groups is 3. The lowest BCUT2D eigenvalue weighted by atomic mass is 10.2. The highest BCUT2D eigenvalue weighted by Gasteiger charge is 2.13. The predicted molar refractivity (Wildman–Crippen MR) is 61.1 cm³/mol. The minimum Gasteiger partial charge on any atom is -0.466 e. The van der Waals surface area contributed by atoms with Gasteiger partial charge in [-0.25, -0.2) is 4.79 Å². The van der Waals surface area contributed by atoms with Crippen LogP contribution >= 0.6 is 0 Å². The van der Waals surface area contributed by atoms with Crippen molar-refractivity contribution in [2.45, 2.75) is 32.7 Å². The molecule has 0 aliphatic carbocycles. The molecule has 0 heterocycles. The number of amides is 3. The van der Waals surface area contributed by atoms with Crippen LogP contribution in [0.25, 0.3) is 0 Å². The molecule has 1 unspecified atom stereocenters. The van der Waals surface area contributed by atoms with Gasteiger partial charge in [-0.15, -0.1) is 0 Å². The molecule has 0 saturated carbocycles. The molecule has 0 spiro atoms. The molecule has 0 radical (unpaired) electrons. The summed E-state index contributed by atoms with van der Waals surface area (Å²) in [5, 5.41) is 4.82. The van der Waals surface area contributed by atoms with Gasteiger partial charge in [0, 0.05) is 6.42 Å². The molecule has 0 aromatic rings. The molecule has 7 heteroatoms. The molecule has 7 nitrogen and oxygen atoms in total. The van der Waals surface area contributed by atoms with Crippen LogP contribution in [0.1, 0.15) is 26.7 Å². The second kappa shape index (κ2) is 8.51. The third-order valence-corrected chi connectivity index (χ3v) is 1.95. The van der Waals surface area contributed by atoms with Gasteiger partial charge in [0.05, 0.1) is 12.6 Å². The fourth-order valence-electron chi connectivity index (χ4n) is 1.11. The van der Waals surface area contributed by atoms with Crippen molar-refractivity contribution >= 4 is 17.9 Å². The Balaban J connectivity index is 3.64. The lowest BCUT2D eigenvalue weighted by Crippen LogP contribution is -2.46. The zero-order valence-electron chi connectivity index (χ0n) is 10.1. The summed E-state index contributed by atoms with van der Waals surface area (Å²) in [5.74, 6) is -0.753. The first kappa shape index (κ1) is 15.4. The Kier molecular flexibility index (Phi) is 7.70. The quantitative estimate of drug-likeness (QED) is 0.414. The zero-order valence-corrected chi connectivity index (χ0v) is 10.1. The average molecular weight is 245 g/mol. The number of esters is 1. The lowest BCUT2D eigenvalue weighted by Gasteiger charge is -2.11. The summed E-state index contributed by atoms with van der Waals surface area (Å²) in [6, 6.07) is -1.42. The molecule has 0 saturated heterocycles. The van der Waals surface area contributed by atoms with E-state index < -0.39 is 18.0 Å². The number of nitrogens with one attached hydrogen (secondary N) is 2. The number of urea groups is 1. The van der Waals surface area contributed by atoms with Crippen LogP contribution in [0.2, 0.25) is 0 Å². The fourth-order valence-corrected chi connectivity index (χ4v) is 1.11. The van der Waals surface area contributed by atoms with E-state index in [-0.39, 0.29) is 5.97 Å². The van der Waals surface area contributed by atoms with E-state index in [1.165, 1.54) is 0 Å². The third kappa shape index (κ3) is 8.21. The van der Waals surface area contributed by atoms with Gasteiger partial charge in [0.25, 0.3) is 0 Å². The van der Waals surface area contributed by atoms with Crippen molar-refractivity contribution in [2.75, 3.05) is 13.2 Å². The summed E-state index contributed by atoms with van der Waals surface area (Å²) >= 11 is 0. The van der Waals surface area contributed by atoms with Crippen LogP contribution in [0.5, 0.6) is 0 Å². The van der Waals surface area contributed by atoms with E-state index in [4.69, 9.17) is 10.5 Å². The van der Waals surface area contributed by atoms with Gasteiger partial charge in [-0.2, -0.15) is 0 Å². The number of carbonyl (C=O) groups excluding carboxylic acids is 3. The second-order valence-corrected chi connectivity index (χ2v) is 3.44. The molecule has 1 atom stereocenters. The molecule has 98 valence electrons. The topological polar surface area (TPSA) is 111 Å². The van der Waals surface area contributed by atoms with Gasteiger partial charge < -0.3 is 15.8 Å². The predicted octanol–water partition coefficient (Wildman–Crippen LogP) is -0.497. The standard InChI is InChI=1S/C10H19N3O4/c1-3-17-8(14)5-4-6-12-7(2)9(15)13-10(11)16/h7,12H,3-6H2,1-2H3,(H3,11,13,15,16). The van der Waals surface area contributed by atoms with Crippen molar-refractivity contribution < 1.29 is 19.1 Å². The number of rotatable bonds is 7. The Labute approximate surface area is 100 Å². The van der Waals surface area contributed by atoms with Crippen molar-refractivity contribution in [2.24, 2.45) is 5.73 Å². The van der Waals surface area contributed by atoms with E-state index >= 15 is 0 Å². The summed E-state index contributed by atoms with van der Waals surface area (Å²) in [6.45, 7) is 4.19. The summed E-state index contributed by atoms with van der Waals surface area (Å²) in [4.78, 5) is 32.6. The van der Waals surface area contributed by atoms with Crippen LogP contribution in [-0.4, -0.2) is 37.1 Å². The van der Waals surface area contributed by atoms with Crippen molar-refractivity contribution in [1.82, 2.24) is 10.6 Å². The third-order valence-electron chi connectivity index (χ3n) is 1.95. The highest BCUT2D eigenvalue weighted by molar-refractivity contribution is 5.96. The molecule has 0 fully saturated rings. The lowest BCUT2D eigenvalue weighted by molar-refractivity contribution is -0.143. The van der Waals surface area contributed by atoms with Gasteiger partial charge >= 0.3 is 12.0 Å². The highest BCUT2D eigenvalue weighted by atomic mass is 16.5. The van der Waals surface area contributed by atoms with E-state index in [0.717, 1.165) is 0 Å². The molecule has 4 N–H and O–H groups in total. The van der Waals surface area contributed by atoms with E-state index in [0.29, 0.717) is 26.0 Å². The van der Waals surface area contributed by atoms with E-state index in [1.54, 1.807) is 13.8 Å². The Morgan fingerprint density at radius 2 is 2.00 bits per heavy atom. The SMILES string of the molecule is CCOC(=O)CCCNC(C)C(=O)NC(N)=O. The van der Waals surface area contributed by atoms with E-state index in [1.807, 2.05) is 5.32 Å². The Morgan fingerprint density at radius 3 is 2.53 bits per heavy atom. The van der Waals surface area contributed by atoms with Gasteiger partial charge in [-0.3, -0.25) is 14.9 Å². The first-order chi connectivity index (χ1) is 7.97. The maximum absolute atomic E-state index is 11.2. The summed E-state index contributed by atoms with van der Waals surface area (Å²) < 4.78 is 4.74. The van der Waals surface area contributed by atoms with Crippen molar-refractivity contribution in [3.05, 3.63) is 0 Å². The fraction of sp³-hybridized carbons (Fsp3) is 0.700. The van der Waals surface area contributed by atoms with Crippen LogP contribution < -0.4 is 16.4 Å². The Bertz CT molecular complexity index is 281. The van der Waals surface area contributed by atoms with Gasteiger partial charge in [0.1, 0.15) is 0 Å². The summed E-state index contributed by atoms with van der Waals surface area (Å²) in [6.07, 6.45) is 0.859. The van der Waals surface area contributed by atoms with E-state index in [2.05, 4.69) is 5.32 Å². The second-order valence-electron chi connectivity index (χ2n) is 3.44. The summed E-state index contributed by atoms with van der Waals surface area (Å²) in [7, 11) is 0. The summed E-state index contributed by atoms with van der Waals surface area (Å²) in [5.41, 5.74) is 4.80. The molecule has 0 aliphatic rings. The minimum atomic E-state index is -0.879. The van der Waals surface area contributed by atoms with Crippen LogP contribution in [0.15, 0.2) is 0 Å². The molecule has 0 aromatic carbocycles. The smallest absolute Gasteiger partial charge is 0.318 e. The average Bonchev–Trinajstić information content (AvgIpc) is 2.23. The Hall–Kier alpha value is -1.63. The molecule has 3 amide bonds. The number of primary amides is 1. The first-order valence-electron chi connectivity index (χ1n) is 5.46. The largest absolute Gasteiger partial charge is 0.466 e. The van der Waals surface area contributed by atoms with Crippen LogP contribution in [-0.2, 0) is 14.3 Å². The monoisotopic (exact) mass is 245 g/mol. The molecule has 0 bridgehead atoms.